The largest absolute Gasteiger partial charge is 0.223 e. The van der Waals surface area contributed by atoms with Gasteiger partial charge in [0, 0.05) is 16.0 Å². The van der Waals surface area contributed by atoms with E-state index in [-0.39, 0.29) is 4.75 Å². The summed E-state index contributed by atoms with van der Waals surface area (Å²) in [5, 5.41) is 0.745. The van der Waals surface area contributed by atoms with Crippen LogP contribution in [-0.4, -0.2) is 11.0 Å². The first kappa shape index (κ1) is 11.6. The van der Waals surface area contributed by atoms with Crippen molar-refractivity contribution in [2.24, 2.45) is 4.40 Å². The first-order chi connectivity index (χ1) is 6.47. The van der Waals surface area contributed by atoms with Gasteiger partial charge < -0.3 is 0 Å². The third-order valence-corrected chi connectivity index (χ3v) is 2.37. The lowest BCUT2D eigenvalue weighted by molar-refractivity contribution is 0.804. The molecule has 0 fully saturated rings. The van der Waals surface area contributed by atoms with Gasteiger partial charge in [-0.15, -0.1) is 0 Å². The maximum atomic E-state index is 5.85. The van der Waals surface area contributed by atoms with Gasteiger partial charge in [-0.3, -0.25) is 0 Å². The van der Waals surface area contributed by atoms with Gasteiger partial charge in [0.05, 0.1) is 0 Å². The highest BCUT2D eigenvalue weighted by atomic mass is 35.5. The van der Waals surface area contributed by atoms with Crippen LogP contribution in [0.3, 0.4) is 0 Å². The number of rotatable bonds is 2. The third-order valence-electron chi connectivity index (χ3n) is 1.38. The molecule has 0 spiro atoms. The van der Waals surface area contributed by atoms with Crippen LogP contribution in [0, 0.1) is 0 Å². The summed E-state index contributed by atoms with van der Waals surface area (Å²) in [5.41, 5.74) is 1.04. The summed E-state index contributed by atoms with van der Waals surface area (Å²) in [4.78, 5) is 0. The van der Waals surface area contributed by atoms with Gasteiger partial charge in [0.25, 0.3) is 0 Å². The predicted molar refractivity (Wildman–Crippen MR) is 66.4 cm³/mol. The molecule has 0 saturated heterocycles. The molecule has 0 radical (unpaired) electrons. The standard InChI is InChI=1S/C11H14ClNS/c1-11(2,3)14-13-8-9-5-4-6-10(12)7-9/h4-8H,1-3H3. The smallest absolute Gasteiger partial charge is 0.0424 e. The van der Waals surface area contributed by atoms with Gasteiger partial charge in [-0.2, -0.15) is 0 Å². The second-order valence-electron chi connectivity index (χ2n) is 3.99. The minimum Gasteiger partial charge on any atom is -0.223 e. The Morgan fingerprint density at radius 3 is 2.64 bits per heavy atom. The van der Waals surface area contributed by atoms with E-state index < -0.39 is 0 Å². The lowest BCUT2D eigenvalue weighted by Crippen LogP contribution is -2.04. The highest BCUT2D eigenvalue weighted by Crippen LogP contribution is 2.23. The average Bonchev–Trinajstić information content (AvgIpc) is 2.01. The summed E-state index contributed by atoms with van der Waals surface area (Å²) in [6.45, 7) is 6.40. The number of nitrogens with zero attached hydrogens (tertiary/aromatic N) is 1. The molecule has 0 aromatic heterocycles. The first-order valence-corrected chi connectivity index (χ1v) is 5.60. The summed E-state index contributed by atoms with van der Waals surface area (Å²) in [6.07, 6.45) is 1.84. The minimum absolute atomic E-state index is 0.162. The fourth-order valence-corrected chi connectivity index (χ4v) is 1.52. The van der Waals surface area contributed by atoms with Gasteiger partial charge >= 0.3 is 0 Å². The quantitative estimate of drug-likeness (QED) is 0.545. The Labute approximate surface area is 94.7 Å². The molecule has 1 rings (SSSR count). The van der Waals surface area contributed by atoms with Gasteiger partial charge in [0.15, 0.2) is 0 Å². The van der Waals surface area contributed by atoms with E-state index in [0.717, 1.165) is 10.6 Å². The molecular weight excluding hydrogens is 214 g/mol. The van der Waals surface area contributed by atoms with E-state index in [1.165, 1.54) is 0 Å². The molecular formula is C11H14ClNS. The Morgan fingerprint density at radius 1 is 1.36 bits per heavy atom. The van der Waals surface area contributed by atoms with E-state index in [2.05, 4.69) is 25.2 Å². The zero-order chi connectivity index (χ0) is 10.6. The second kappa shape index (κ2) is 4.85. The molecule has 14 heavy (non-hydrogen) atoms. The van der Waals surface area contributed by atoms with E-state index in [1.807, 2.05) is 30.5 Å². The van der Waals surface area contributed by atoms with Crippen LogP contribution in [0.4, 0.5) is 0 Å². The highest BCUT2D eigenvalue weighted by molar-refractivity contribution is 7.99. The molecule has 1 nitrogen and oxygen atoms in total. The van der Waals surface area contributed by atoms with Gasteiger partial charge in [-0.1, -0.05) is 23.7 Å². The predicted octanol–water partition coefficient (Wildman–Crippen LogP) is 4.21. The number of benzene rings is 1. The Kier molecular flexibility index (Phi) is 4.02. The average molecular weight is 228 g/mol. The molecule has 0 aliphatic rings. The Balaban J connectivity index is 2.61. The normalized spacial score (nSPS) is 12.3. The molecule has 0 aliphatic heterocycles. The fraction of sp³-hybridized carbons (Fsp3) is 0.364. The molecule has 0 heterocycles. The van der Waals surface area contributed by atoms with Crippen LogP contribution in [0.2, 0.25) is 5.02 Å². The molecule has 0 amide bonds. The van der Waals surface area contributed by atoms with Crippen molar-refractivity contribution in [3.63, 3.8) is 0 Å². The topological polar surface area (TPSA) is 12.4 Å². The van der Waals surface area contributed by atoms with Crippen LogP contribution < -0.4 is 0 Å². The van der Waals surface area contributed by atoms with E-state index in [1.54, 1.807) is 11.9 Å². The Bertz CT molecular complexity index is 328. The molecule has 0 atom stereocenters. The van der Waals surface area contributed by atoms with Crippen molar-refractivity contribution in [2.45, 2.75) is 25.5 Å². The summed E-state index contributed by atoms with van der Waals surface area (Å²) in [5.74, 6) is 0. The Morgan fingerprint density at radius 2 is 2.07 bits per heavy atom. The second-order valence-corrected chi connectivity index (χ2v) is 6.05. The summed E-state index contributed by atoms with van der Waals surface area (Å²) in [6, 6.07) is 7.66. The number of hydrogen-bond acceptors (Lipinski definition) is 2. The van der Waals surface area contributed by atoms with Crippen molar-refractivity contribution in [1.29, 1.82) is 0 Å². The van der Waals surface area contributed by atoms with Crippen molar-refractivity contribution in [1.82, 2.24) is 0 Å². The third kappa shape index (κ3) is 4.68. The zero-order valence-corrected chi connectivity index (χ0v) is 10.2. The monoisotopic (exact) mass is 227 g/mol. The molecule has 0 aliphatic carbocycles. The van der Waals surface area contributed by atoms with Crippen LogP contribution in [-0.2, 0) is 0 Å². The van der Waals surface area contributed by atoms with Gasteiger partial charge in [0.2, 0.25) is 0 Å². The van der Waals surface area contributed by atoms with Crippen LogP contribution in [0.15, 0.2) is 28.7 Å². The van der Waals surface area contributed by atoms with Crippen LogP contribution in [0.25, 0.3) is 0 Å². The fourth-order valence-electron chi connectivity index (χ4n) is 0.832. The SMILES string of the molecule is CC(C)(C)SN=Cc1cccc(Cl)c1. The van der Waals surface area contributed by atoms with Crippen LogP contribution in [0.1, 0.15) is 26.3 Å². The summed E-state index contributed by atoms with van der Waals surface area (Å²) >= 11 is 7.41. The molecule has 76 valence electrons. The van der Waals surface area contributed by atoms with E-state index in [0.29, 0.717) is 0 Å². The van der Waals surface area contributed by atoms with Gasteiger partial charge in [-0.05, 0) is 50.4 Å². The van der Waals surface area contributed by atoms with Crippen molar-refractivity contribution < 1.29 is 0 Å². The van der Waals surface area contributed by atoms with Crippen LogP contribution in [0.5, 0.6) is 0 Å². The van der Waals surface area contributed by atoms with Crippen molar-refractivity contribution in [2.75, 3.05) is 0 Å². The number of hydrogen-bond donors (Lipinski definition) is 0. The van der Waals surface area contributed by atoms with Crippen molar-refractivity contribution in [3.05, 3.63) is 34.9 Å². The van der Waals surface area contributed by atoms with Gasteiger partial charge in [-0.25, -0.2) is 4.40 Å². The molecule has 0 saturated carbocycles. The molecule has 1 aromatic carbocycles. The summed E-state index contributed by atoms with van der Waals surface area (Å²) < 4.78 is 4.45. The number of halogens is 1. The first-order valence-electron chi connectivity index (χ1n) is 4.44. The molecule has 0 bridgehead atoms. The molecule has 1 aromatic rings. The van der Waals surface area contributed by atoms with Crippen LogP contribution >= 0.6 is 23.5 Å². The summed E-state index contributed by atoms with van der Waals surface area (Å²) in [7, 11) is 0. The lowest BCUT2D eigenvalue weighted by Gasteiger charge is -2.12. The van der Waals surface area contributed by atoms with Crippen molar-refractivity contribution in [3.8, 4) is 0 Å². The maximum Gasteiger partial charge on any atom is 0.0424 e. The van der Waals surface area contributed by atoms with Crippen molar-refractivity contribution >= 4 is 29.8 Å². The molecule has 0 unspecified atom stereocenters. The zero-order valence-electron chi connectivity index (χ0n) is 8.62. The highest BCUT2D eigenvalue weighted by Gasteiger charge is 2.08. The van der Waals surface area contributed by atoms with Gasteiger partial charge in [0.1, 0.15) is 0 Å². The molecule has 0 N–H and O–H groups in total. The van der Waals surface area contributed by atoms with E-state index in [9.17, 15) is 0 Å². The Hall–Kier alpha value is -0.470. The van der Waals surface area contributed by atoms with E-state index >= 15 is 0 Å². The molecule has 3 heteroatoms. The maximum absolute atomic E-state index is 5.85. The minimum atomic E-state index is 0.162. The lowest BCUT2D eigenvalue weighted by atomic mass is 10.2. The van der Waals surface area contributed by atoms with E-state index in [4.69, 9.17) is 11.6 Å².